The molecular weight excluding hydrogens is 456 g/mol. The number of methoxy groups -OCH3 is 1. The Balaban J connectivity index is 1.71. The van der Waals surface area contributed by atoms with E-state index in [0.29, 0.717) is 15.8 Å². The van der Waals surface area contributed by atoms with Crippen LogP contribution in [0, 0.1) is 0 Å². The molecule has 1 aliphatic rings. The number of anilines is 1. The molecule has 166 valence electrons. The topological polar surface area (TPSA) is 62.5 Å². The third-order valence-corrected chi connectivity index (χ3v) is 6.27. The largest absolute Gasteiger partial charge is 0.506 e. The second-order valence-electron chi connectivity index (χ2n) is 7.60. The van der Waals surface area contributed by atoms with Crippen LogP contribution in [0.2, 0.25) is 5.02 Å². The normalized spacial score (nSPS) is 17.8. The second kappa shape index (κ2) is 8.77. The quantitative estimate of drug-likeness (QED) is 0.375. The lowest BCUT2D eigenvalue weighted by Crippen LogP contribution is -2.30. The third-order valence-electron chi connectivity index (χ3n) is 5.72. The van der Waals surface area contributed by atoms with Gasteiger partial charge >= 0.3 is 0 Å². The van der Waals surface area contributed by atoms with Crippen LogP contribution in [0.25, 0.3) is 5.69 Å². The number of ether oxygens (including phenoxy) is 1. The van der Waals surface area contributed by atoms with E-state index in [0.717, 1.165) is 22.8 Å². The molecule has 1 fully saturated rings. The molecule has 1 aliphatic heterocycles. The van der Waals surface area contributed by atoms with Gasteiger partial charge in [-0.05, 0) is 66.8 Å². The van der Waals surface area contributed by atoms with Crippen LogP contribution in [0.4, 0.5) is 5.69 Å². The first-order chi connectivity index (χ1) is 16.1. The number of para-hydroxylation sites is 2. The standard InChI is InChI=1S/C25H21ClN4O2S/c1-32-22-10-3-2-8-18(22)29-14-6-9-19(29)24-23(17-7-4-5-13-27-17)28-25(33)30(24)20-15-16(26)11-12-21(20)31/h2-15,23-24,31H,1H3,(H,28,33)/t23-,24+/m1/s1. The first-order valence-electron chi connectivity index (χ1n) is 10.4. The van der Waals surface area contributed by atoms with Gasteiger partial charge < -0.3 is 24.6 Å². The van der Waals surface area contributed by atoms with Crippen LogP contribution in [0.15, 0.2) is 85.2 Å². The van der Waals surface area contributed by atoms with Crippen molar-refractivity contribution in [2.75, 3.05) is 12.0 Å². The lowest BCUT2D eigenvalue weighted by Gasteiger charge is -2.29. The number of hydrogen-bond acceptors (Lipinski definition) is 4. The lowest BCUT2D eigenvalue weighted by atomic mass is 10.0. The molecule has 0 radical (unpaired) electrons. The molecule has 0 saturated carbocycles. The van der Waals surface area contributed by atoms with Crippen LogP contribution >= 0.6 is 23.8 Å². The number of halogens is 1. The van der Waals surface area contributed by atoms with Crippen LogP contribution in [-0.2, 0) is 0 Å². The summed E-state index contributed by atoms with van der Waals surface area (Å²) in [5.74, 6) is 0.834. The summed E-state index contributed by atoms with van der Waals surface area (Å²) in [7, 11) is 1.65. The number of thiocarbonyl (C=S) groups is 1. The van der Waals surface area contributed by atoms with Gasteiger partial charge in [-0.2, -0.15) is 0 Å². The predicted octanol–water partition coefficient (Wildman–Crippen LogP) is 5.42. The van der Waals surface area contributed by atoms with Gasteiger partial charge in [0.15, 0.2) is 5.11 Å². The van der Waals surface area contributed by atoms with Crippen molar-refractivity contribution >= 4 is 34.6 Å². The van der Waals surface area contributed by atoms with Crippen LogP contribution in [0.1, 0.15) is 23.5 Å². The Kier molecular flexibility index (Phi) is 5.66. The van der Waals surface area contributed by atoms with Gasteiger partial charge in [0, 0.05) is 23.1 Å². The number of rotatable bonds is 5. The summed E-state index contributed by atoms with van der Waals surface area (Å²) in [6, 6.07) is 22.0. The van der Waals surface area contributed by atoms with Crippen molar-refractivity contribution in [1.29, 1.82) is 0 Å². The zero-order valence-corrected chi connectivity index (χ0v) is 19.3. The Hall–Kier alpha value is -3.55. The summed E-state index contributed by atoms with van der Waals surface area (Å²) >= 11 is 12.1. The Morgan fingerprint density at radius 1 is 1.03 bits per heavy atom. The number of nitrogens with one attached hydrogen (secondary N) is 1. The number of phenols is 1. The minimum absolute atomic E-state index is 0.0885. The summed E-state index contributed by atoms with van der Waals surface area (Å²) in [4.78, 5) is 6.49. The number of nitrogens with zero attached hydrogens (tertiary/aromatic N) is 3. The minimum Gasteiger partial charge on any atom is -0.506 e. The van der Waals surface area contributed by atoms with Gasteiger partial charge in [0.05, 0.1) is 30.2 Å². The van der Waals surface area contributed by atoms with Crippen molar-refractivity contribution in [3.63, 3.8) is 0 Å². The third kappa shape index (κ3) is 3.79. The molecule has 2 atom stereocenters. The number of aromatic hydroxyl groups is 1. The van der Waals surface area contributed by atoms with Crippen molar-refractivity contribution < 1.29 is 9.84 Å². The summed E-state index contributed by atoms with van der Waals surface area (Å²) in [6.45, 7) is 0. The molecule has 2 aromatic carbocycles. The monoisotopic (exact) mass is 476 g/mol. The van der Waals surface area contributed by atoms with Crippen molar-refractivity contribution in [3.05, 3.63) is 102 Å². The Bertz CT molecular complexity index is 1310. The summed E-state index contributed by atoms with van der Waals surface area (Å²) < 4.78 is 7.69. The van der Waals surface area contributed by atoms with E-state index < -0.39 is 0 Å². The van der Waals surface area contributed by atoms with E-state index in [1.165, 1.54) is 0 Å². The number of pyridine rings is 1. The number of aromatic nitrogens is 2. The van der Waals surface area contributed by atoms with Crippen molar-refractivity contribution in [1.82, 2.24) is 14.9 Å². The highest BCUT2D eigenvalue weighted by Crippen LogP contribution is 2.45. The zero-order valence-electron chi connectivity index (χ0n) is 17.7. The molecule has 2 N–H and O–H groups in total. The molecular formula is C25H21ClN4O2S. The Labute approximate surface area is 202 Å². The number of phenolic OH excluding ortho intramolecular Hbond substituents is 1. The smallest absolute Gasteiger partial charge is 0.174 e. The molecule has 0 bridgehead atoms. The molecule has 8 heteroatoms. The van der Waals surface area contributed by atoms with E-state index in [2.05, 4.69) is 14.9 Å². The maximum absolute atomic E-state index is 10.7. The van der Waals surface area contributed by atoms with Crippen molar-refractivity contribution in [2.45, 2.75) is 12.1 Å². The fourth-order valence-electron chi connectivity index (χ4n) is 4.29. The summed E-state index contributed by atoms with van der Waals surface area (Å²) in [5, 5.41) is 15.1. The highest BCUT2D eigenvalue weighted by atomic mass is 35.5. The molecule has 0 spiro atoms. The van der Waals surface area contributed by atoms with Gasteiger partial charge in [-0.1, -0.05) is 29.8 Å². The van der Waals surface area contributed by atoms with Gasteiger partial charge in [0.2, 0.25) is 0 Å². The predicted molar refractivity (Wildman–Crippen MR) is 133 cm³/mol. The average molecular weight is 477 g/mol. The molecule has 6 nitrogen and oxygen atoms in total. The Morgan fingerprint density at radius 2 is 1.85 bits per heavy atom. The van der Waals surface area contributed by atoms with Gasteiger partial charge in [-0.3, -0.25) is 4.98 Å². The fraction of sp³-hybridized carbons (Fsp3) is 0.120. The summed E-state index contributed by atoms with van der Waals surface area (Å²) in [5.41, 5.74) is 3.20. The number of hydrogen-bond donors (Lipinski definition) is 2. The molecule has 2 aromatic heterocycles. The molecule has 4 aromatic rings. The maximum atomic E-state index is 10.7. The van der Waals surface area contributed by atoms with Crippen LogP contribution < -0.4 is 15.0 Å². The SMILES string of the molecule is COc1ccccc1-n1cccc1[C@H]1[C@@H](c2ccccn2)NC(=S)N1c1cc(Cl)ccc1O. The van der Waals surface area contributed by atoms with E-state index in [1.807, 2.05) is 65.7 Å². The lowest BCUT2D eigenvalue weighted by molar-refractivity contribution is 0.412. The van der Waals surface area contributed by atoms with Gasteiger partial charge in [0.1, 0.15) is 17.5 Å². The van der Waals surface area contributed by atoms with E-state index >= 15 is 0 Å². The molecule has 0 aliphatic carbocycles. The molecule has 1 saturated heterocycles. The molecule has 5 rings (SSSR count). The molecule has 0 unspecified atom stereocenters. The Morgan fingerprint density at radius 3 is 2.64 bits per heavy atom. The van der Waals surface area contributed by atoms with Crippen LogP contribution in [0.5, 0.6) is 11.5 Å². The molecule has 0 amide bonds. The first kappa shape index (κ1) is 21.3. The van der Waals surface area contributed by atoms with Crippen molar-refractivity contribution in [3.8, 4) is 17.2 Å². The fourth-order valence-corrected chi connectivity index (χ4v) is 4.79. The molecule has 33 heavy (non-hydrogen) atoms. The van der Waals surface area contributed by atoms with E-state index in [-0.39, 0.29) is 17.8 Å². The van der Waals surface area contributed by atoms with E-state index in [1.54, 1.807) is 31.5 Å². The van der Waals surface area contributed by atoms with Gasteiger partial charge in [-0.25, -0.2) is 0 Å². The van der Waals surface area contributed by atoms with Gasteiger partial charge in [0.25, 0.3) is 0 Å². The highest BCUT2D eigenvalue weighted by Gasteiger charge is 2.43. The van der Waals surface area contributed by atoms with Crippen LogP contribution in [-0.4, -0.2) is 26.9 Å². The molecule has 3 heterocycles. The van der Waals surface area contributed by atoms with Gasteiger partial charge in [-0.15, -0.1) is 0 Å². The van der Waals surface area contributed by atoms with E-state index in [4.69, 9.17) is 28.6 Å². The second-order valence-corrected chi connectivity index (χ2v) is 8.43. The van der Waals surface area contributed by atoms with Crippen molar-refractivity contribution in [2.24, 2.45) is 0 Å². The average Bonchev–Trinajstić information content (AvgIpc) is 3.45. The summed E-state index contributed by atoms with van der Waals surface area (Å²) in [6.07, 6.45) is 3.75. The van der Waals surface area contributed by atoms with Crippen LogP contribution in [0.3, 0.4) is 0 Å². The first-order valence-corrected chi connectivity index (χ1v) is 11.2. The zero-order chi connectivity index (χ0) is 22.9. The number of benzene rings is 2. The highest BCUT2D eigenvalue weighted by molar-refractivity contribution is 7.80. The minimum atomic E-state index is -0.323. The maximum Gasteiger partial charge on any atom is 0.174 e. The van der Waals surface area contributed by atoms with E-state index in [9.17, 15) is 5.11 Å².